The van der Waals surface area contributed by atoms with E-state index in [2.05, 4.69) is 10.3 Å². The number of thiazole rings is 1. The van der Waals surface area contributed by atoms with Crippen LogP contribution in [0, 0.1) is 17.0 Å². The van der Waals surface area contributed by atoms with Crippen molar-refractivity contribution in [3.05, 3.63) is 74.3 Å². The largest absolute Gasteiger partial charge is 0.454 e. The second-order valence-corrected chi connectivity index (χ2v) is 7.59. The van der Waals surface area contributed by atoms with Crippen LogP contribution in [0.1, 0.15) is 21.7 Å². The highest BCUT2D eigenvalue weighted by Crippen LogP contribution is 2.34. The zero-order chi connectivity index (χ0) is 20.4. The number of carbonyl (C=O) groups excluding carboxylic acids is 1. The van der Waals surface area contributed by atoms with Crippen LogP contribution < -0.4 is 14.8 Å². The summed E-state index contributed by atoms with van der Waals surface area (Å²) < 4.78 is 10.7. The number of hydrogen-bond acceptors (Lipinski definition) is 7. The van der Waals surface area contributed by atoms with Gasteiger partial charge in [-0.15, -0.1) is 11.3 Å². The van der Waals surface area contributed by atoms with Gasteiger partial charge in [0.1, 0.15) is 0 Å². The van der Waals surface area contributed by atoms with Gasteiger partial charge in [0.25, 0.3) is 5.69 Å². The number of benzene rings is 2. The van der Waals surface area contributed by atoms with Crippen LogP contribution in [0.3, 0.4) is 0 Å². The third-order valence-electron chi connectivity index (χ3n) is 4.48. The second-order valence-electron chi connectivity index (χ2n) is 6.50. The van der Waals surface area contributed by atoms with Gasteiger partial charge in [0.15, 0.2) is 16.6 Å². The number of hydrogen-bond donors (Lipinski definition) is 1. The Kier molecular flexibility index (Phi) is 5.13. The molecule has 1 amide bonds. The Morgan fingerprint density at radius 2 is 2.03 bits per heavy atom. The minimum atomic E-state index is -0.486. The monoisotopic (exact) mass is 411 g/mol. The van der Waals surface area contributed by atoms with E-state index in [1.807, 2.05) is 25.1 Å². The van der Waals surface area contributed by atoms with Crippen LogP contribution in [-0.2, 0) is 17.6 Å². The molecule has 9 heteroatoms. The first-order chi connectivity index (χ1) is 14.0. The Morgan fingerprint density at radius 3 is 2.86 bits per heavy atom. The fourth-order valence-electron chi connectivity index (χ4n) is 3.06. The highest BCUT2D eigenvalue weighted by atomic mass is 32.1. The van der Waals surface area contributed by atoms with Crippen molar-refractivity contribution in [1.82, 2.24) is 4.98 Å². The molecule has 0 atom stereocenters. The zero-order valence-corrected chi connectivity index (χ0v) is 16.3. The summed E-state index contributed by atoms with van der Waals surface area (Å²) in [7, 11) is 0. The summed E-state index contributed by atoms with van der Waals surface area (Å²) in [4.78, 5) is 28.4. The van der Waals surface area contributed by atoms with Gasteiger partial charge in [0, 0.05) is 22.9 Å². The molecule has 1 aromatic heterocycles. The van der Waals surface area contributed by atoms with Gasteiger partial charge in [-0.2, -0.15) is 0 Å². The molecular formula is C20H17N3O5S. The van der Waals surface area contributed by atoms with Gasteiger partial charge in [-0.25, -0.2) is 4.98 Å². The molecule has 29 heavy (non-hydrogen) atoms. The molecule has 3 aromatic rings. The standard InChI is InChI=1S/C20H17N3O5S/c1-12-18(9-13-6-7-16-17(8-13)28-11-27-16)29-20(21-12)22-19(24)10-14-4-2-3-5-15(14)23(25)26/h2-8H,9-11H2,1H3,(H,21,22,24). The van der Waals surface area contributed by atoms with Crippen LogP contribution >= 0.6 is 11.3 Å². The van der Waals surface area contributed by atoms with Crippen LogP contribution in [0.15, 0.2) is 42.5 Å². The molecule has 0 radical (unpaired) electrons. The quantitative estimate of drug-likeness (QED) is 0.488. The molecule has 8 nitrogen and oxygen atoms in total. The van der Waals surface area contributed by atoms with Crippen molar-refractivity contribution in [2.45, 2.75) is 19.8 Å². The SMILES string of the molecule is Cc1nc(NC(=O)Cc2ccccc2[N+](=O)[O-])sc1Cc1ccc2c(c1)OCO2. The summed E-state index contributed by atoms with van der Waals surface area (Å²) in [5.41, 5.74) is 2.18. The van der Waals surface area contributed by atoms with Crippen molar-refractivity contribution < 1.29 is 19.2 Å². The van der Waals surface area contributed by atoms with E-state index in [-0.39, 0.29) is 24.8 Å². The lowest BCUT2D eigenvalue weighted by Crippen LogP contribution is -2.15. The van der Waals surface area contributed by atoms with E-state index in [9.17, 15) is 14.9 Å². The van der Waals surface area contributed by atoms with Crippen LogP contribution in [-0.4, -0.2) is 22.6 Å². The van der Waals surface area contributed by atoms with E-state index in [4.69, 9.17) is 9.47 Å². The minimum absolute atomic E-state index is 0.0681. The summed E-state index contributed by atoms with van der Waals surface area (Å²) in [5.74, 6) is 1.11. The average molecular weight is 411 g/mol. The molecule has 0 aliphatic carbocycles. The van der Waals surface area contributed by atoms with Gasteiger partial charge < -0.3 is 14.8 Å². The molecule has 0 saturated heterocycles. The summed E-state index contributed by atoms with van der Waals surface area (Å²) in [5, 5.41) is 14.3. The number of aromatic nitrogens is 1. The molecule has 0 spiro atoms. The lowest BCUT2D eigenvalue weighted by molar-refractivity contribution is -0.385. The number of para-hydroxylation sites is 1. The number of rotatable bonds is 6. The number of nitrogens with one attached hydrogen (secondary N) is 1. The number of fused-ring (bicyclic) bond motifs is 1. The highest BCUT2D eigenvalue weighted by molar-refractivity contribution is 7.15. The Bertz CT molecular complexity index is 1100. The van der Waals surface area contributed by atoms with Crippen molar-refractivity contribution in [2.75, 3.05) is 12.1 Å². The van der Waals surface area contributed by atoms with Crippen molar-refractivity contribution in [2.24, 2.45) is 0 Å². The van der Waals surface area contributed by atoms with Crippen molar-refractivity contribution in [3.8, 4) is 11.5 Å². The number of nitrogens with zero attached hydrogens (tertiary/aromatic N) is 2. The maximum atomic E-state index is 12.4. The minimum Gasteiger partial charge on any atom is -0.454 e. The number of nitro groups is 1. The third kappa shape index (κ3) is 4.19. The first kappa shape index (κ1) is 18.9. The molecular weight excluding hydrogens is 394 g/mol. The van der Waals surface area contributed by atoms with Crippen molar-refractivity contribution in [1.29, 1.82) is 0 Å². The van der Waals surface area contributed by atoms with E-state index in [0.29, 0.717) is 17.1 Å². The van der Waals surface area contributed by atoms with Crippen LogP contribution in [0.4, 0.5) is 10.8 Å². The predicted molar refractivity (Wildman–Crippen MR) is 108 cm³/mol. The van der Waals surface area contributed by atoms with Gasteiger partial charge in [0.2, 0.25) is 12.7 Å². The van der Waals surface area contributed by atoms with Gasteiger partial charge in [0.05, 0.1) is 17.0 Å². The molecule has 1 N–H and O–H groups in total. The van der Waals surface area contributed by atoms with E-state index >= 15 is 0 Å². The van der Waals surface area contributed by atoms with Crippen molar-refractivity contribution >= 4 is 28.1 Å². The normalized spacial score (nSPS) is 12.0. The van der Waals surface area contributed by atoms with Crippen LogP contribution in [0.5, 0.6) is 11.5 Å². The van der Waals surface area contributed by atoms with E-state index < -0.39 is 4.92 Å². The number of nitro benzene ring substituents is 1. The number of carbonyl (C=O) groups is 1. The number of anilines is 1. The number of amides is 1. The fraction of sp³-hybridized carbons (Fsp3) is 0.200. The van der Waals surface area contributed by atoms with Gasteiger partial charge in [-0.05, 0) is 24.6 Å². The maximum Gasteiger partial charge on any atom is 0.273 e. The molecule has 0 unspecified atom stereocenters. The molecule has 0 bridgehead atoms. The van der Waals surface area contributed by atoms with E-state index in [1.54, 1.807) is 18.2 Å². The second kappa shape index (κ2) is 7.88. The average Bonchev–Trinajstić information content (AvgIpc) is 3.28. The molecule has 148 valence electrons. The Labute approximate surface area is 170 Å². The lowest BCUT2D eigenvalue weighted by Gasteiger charge is -2.03. The Balaban J connectivity index is 1.44. The van der Waals surface area contributed by atoms with E-state index in [1.165, 1.54) is 17.4 Å². The van der Waals surface area contributed by atoms with Gasteiger partial charge in [-0.3, -0.25) is 14.9 Å². The van der Waals surface area contributed by atoms with Crippen molar-refractivity contribution in [3.63, 3.8) is 0 Å². The molecule has 0 fully saturated rings. The number of aryl methyl sites for hydroxylation is 1. The van der Waals surface area contributed by atoms with E-state index in [0.717, 1.165) is 27.6 Å². The molecule has 1 aliphatic rings. The Hall–Kier alpha value is -3.46. The van der Waals surface area contributed by atoms with Crippen LogP contribution in [0.25, 0.3) is 0 Å². The maximum absolute atomic E-state index is 12.4. The summed E-state index contributed by atoms with van der Waals surface area (Å²) in [6, 6.07) is 12.0. The third-order valence-corrected chi connectivity index (χ3v) is 5.55. The lowest BCUT2D eigenvalue weighted by atomic mass is 10.1. The molecule has 4 rings (SSSR count). The van der Waals surface area contributed by atoms with Gasteiger partial charge >= 0.3 is 0 Å². The van der Waals surface area contributed by atoms with Crippen LogP contribution in [0.2, 0.25) is 0 Å². The first-order valence-electron chi connectivity index (χ1n) is 8.86. The smallest absolute Gasteiger partial charge is 0.273 e. The van der Waals surface area contributed by atoms with Gasteiger partial charge in [-0.1, -0.05) is 24.3 Å². The molecule has 2 heterocycles. The predicted octanol–water partition coefficient (Wildman–Crippen LogP) is 3.86. The first-order valence-corrected chi connectivity index (χ1v) is 9.68. The fourth-order valence-corrected chi connectivity index (χ4v) is 4.07. The molecule has 1 aliphatic heterocycles. The molecule has 2 aromatic carbocycles. The highest BCUT2D eigenvalue weighted by Gasteiger charge is 2.18. The topological polar surface area (TPSA) is 104 Å². The number of ether oxygens (including phenoxy) is 2. The summed E-state index contributed by atoms with van der Waals surface area (Å²) in [6.07, 6.45) is 0.563. The summed E-state index contributed by atoms with van der Waals surface area (Å²) in [6.45, 7) is 2.12. The molecule has 0 saturated carbocycles. The Morgan fingerprint density at radius 1 is 1.24 bits per heavy atom. The zero-order valence-electron chi connectivity index (χ0n) is 15.5. The summed E-state index contributed by atoms with van der Waals surface area (Å²) >= 11 is 1.39.